The summed E-state index contributed by atoms with van der Waals surface area (Å²) in [4.78, 5) is 1.23. The van der Waals surface area contributed by atoms with E-state index in [2.05, 4.69) is 28.1 Å². The van der Waals surface area contributed by atoms with Crippen LogP contribution < -0.4 is 0 Å². The van der Waals surface area contributed by atoms with E-state index in [4.69, 9.17) is 9.47 Å². The molecule has 1 aromatic rings. The van der Waals surface area contributed by atoms with Crippen molar-refractivity contribution in [1.29, 1.82) is 0 Å². The van der Waals surface area contributed by atoms with E-state index in [1.807, 2.05) is 39.8 Å². The largest absolute Gasteiger partial charge is 0.352 e. The van der Waals surface area contributed by atoms with Gasteiger partial charge in [-0.1, -0.05) is 29.8 Å². The van der Waals surface area contributed by atoms with Gasteiger partial charge in [-0.2, -0.15) is 0 Å². The molecule has 1 rings (SSSR count). The van der Waals surface area contributed by atoms with Crippen molar-refractivity contribution in [3.8, 4) is 0 Å². The van der Waals surface area contributed by atoms with Crippen LogP contribution in [-0.2, 0) is 9.47 Å². The minimum Gasteiger partial charge on any atom is -0.352 e. The van der Waals surface area contributed by atoms with Gasteiger partial charge in [-0.25, -0.2) is 0 Å². The van der Waals surface area contributed by atoms with Crippen LogP contribution in [-0.4, -0.2) is 25.3 Å². The van der Waals surface area contributed by atoms with Gasteiger partial charge in [0, 0.05) is 28.3 Å². The number of rotatable bonds is 7. The Morgan fingerprint density at radius 2 is 1.56 bits per heavy atom. The highest BCUT2D eigenvalue weighted by atomic mass is 79.9. The molecule has 0 saturated heterocycles. The smallest absolute Gasteiger partial charge is 0.166 e. The Labute approximate surface area is 124 Å². The molecule has 0 amide bonds. The van der Waals surface area contributed by atoms with Crippen molar-refractivity contribution >= 4 is 27.7 Å². The quantitative estimate of drug-likeness (QED) is 0.518. The number of benzene rings is 1. The molecule has 1 aromatic carbocycles. The average Bonchev–Trinajstić information content (AvgIpc) is 2.41. The highest BCUT2D eigenvalue weighted by Gasteiger charge is 2.08. The van der Waals surface area contributed by atoms with E-state index < -0.39 is 0 Å². The Morgan fingerprint density at radius 3 is 2.00 bits per heavy atom. The number of hydrogen-bond donors (Lipinski definition) is 0. The van der Waals surface area contributed by atoms with Crippen LogP contribution in [0.5, 0.6) is 0 Å². The first kappa shape index (κ1) is 18.0. The van der Waals surface area contributed by atoms with Crippen molar-refractivity contribution < 1.29 is 9.47 Å². The lowest BCUT2D eigenvalue weighted by atomic mass is 10.4. The minimum atomic E-state index is -0.108. The highest BCUT2D eigenvalue weighted by molar-refractivity contribution is 9.10. The first-order chi connectivity index (χ1) is 8.76. The van der Waals surface area contributed by atoms with E-state index in [9.17, 15) is 0 Å². The number of ether oxygens (including phenoxy) is 2. The predicted octanol–water partition coefficient (Wildman–Crippen LogP) is 4.97. The summed E-state index contributed by atoms with van der Waals surface area (Å²) in [5, 5.41) is 0. The van der Waals surface area contributed by atoms with E-state index in [0.29, 0.717) is 13.2 Å². The lowest BCUT2D eigenvalue weighted by molar-refractivity contribution is -0.120. The summed E-state index contributed by atoms with van der Waals surface area (Å²) < 4.78 is 12.1. The van der Waals surface area contributed by atoms with Crippen LogP contribution in [0, 0.1) is 0 Å². The van der Waals surface area contributed by atoms with Crippen molar-refractivity contribution in [3.63, 3.8) is 0 Å². The van der Waals surface area contributed by atoms with Crippen LogP contribution in [0.3, 0.4) is 0 Å². The molecule has 0 radical (unpaired) electrons. The minimum absolute atomic E-state index is 0.108. The summed E-state index contributed by atoms with van der Waals surface area (Å²) in [6.07, 6.45) is -0.108. The van der Waals surface area contributed by atoms with Crippen LogP contribution in [0.4, 0.5) is 0 Å². The zero-order chi connectivity index (χ0) is 13.8. The van der Waals surface area contributed by atoms with E-state index >= 15 is 0 Å². The second-order valence-electron chi connectivity index (χ2n) is 3.11. The first-order valence-corrected chi connectivity index (χ1v) is 8.15. The normalized spacial score (nSPS) is 10.1. The molecule has 0 atom stereocenters. The van der Waals surface area contributed by atoms with Gasteiger partial charge in [-0.15, -0.1) is 11.8 Å². The molecule has 0 N–H and O–H groups in total. The number of halogens is 1. The van der Waals surface area contributed by atoms with Crippen LogP contribution in [0.1, 0.15) is 27.7 Å². The highest BCUT2D eigenvalue weighted by Crippen LogP contribution is 2.22. The second kappa shape index (κ2) is 12.0. The number of thioether (sulfide) groups is 1. The maximum atomic E-state index is 5.48. The summed E-state index contributed by atoms with van der Waals surface area (Å²) >= 11 is 5.16. The monoisotopic (exact) mass is 334 g/mol. The van der Waals surface area contributed by atoms with Crippen LogP contribution >= 0.6 is 27.7 Å². The Hall–Kier alpha value is -0.0300. The third-order valence-electron chi connectivity index (χ3n) is 1.90. The van der Waals surface area contributed by atoms with Crippen LogP contribution in [0.25, 0.3) is 0 Å². The molecule has 0 aliphatic rings. The molecule has 0 heterocycles. The van der Waals surface area contributed by atoms with E-state index in [1.54, 1.807) is 11.8 Å². The molecule has 0 unspecified atom stereocenters. The van der Waals surface area contributed by atoms with Gasteiger partial charge in [-0.05, 0) is 38.1 Å². The van der Waals surface area contributed by atoms with Crippen molar-refractivity contribution in [2.24, 2.45) is 0 Å². The van der Waals surface area contributed by atoms with Gasteiger partial charge in [0.05, 0.1) is 0 Å². The van der Waals surface area contributed by atoms with Gasteiger partial charge >= 0.3 is 0 Å². The van der Waals surface area contributed by atoms with E-state index in [0.717, 1.165) is 10.2 Å². The fourth-order valence-corrected chi connectivity index (χ4v) is 2.33. The topological polar surface area (TPSA) is 18.5 Å². The SMILES string of the molecule is CC.CCOC(CSc1ccc(Br)cc1)OCC. The van der Waals surface area contributed by atoms with Gasteiger partial charge in [0.2, 0.25) is 0 Å². The summed E-state index contributed by atoms with van der Waals surface area (Å²) in [5.74, 6) is 0.823. The molecule has 0 saturated carbocycles. The van der Waals surface area contributed by atoms with E-state index in [1.165, 1.54) is 4.90 Å². The second-order valence-corrected chi connectivity index (χ2v) is 5.11. The van der Waals surface area contributed by atoms with Gasteiger partial charge in [0.25, 0.3) is 0 Å². The Bertz CT molecular complexity index is 284. The third-order valence-corrected chi connectivity index (χ3v) is 3.48. The standard InChI is InChI=1S/C12H17BrO2S.C2H6/c1-3-14-12(15-4-2)9-16-11-7-5-10(13)6-8-11;1-2/h5-8,12H,3-4,9H2,1-2H3;1-2H3. The molecule has 2 nitrogen and oxygen atoms in total. The van der Waals surface area contributed by atoms with Gasteiger partial charge in [0.1, 0.15) is 0 Å². The molecule has 0 bridgehead atoms. The van der Waals surface area contributed by atoms with Crippen molar-refractivity contribution in [1.82, 2.24) is 0 Å². The predicted molar refractivity (Wildman–Crippen MR) is 83.3 cm³/mol. The fourth-order valence-electron chi connectivity index (χ4n) is 1.21. The average molecular weight is 335 g/mol. The summed E-state index contributed by atoms with van der Waals surface area (Å²) in [7, 11) is 0. The molecule has 0 aliphatic heterocycles. The summed E-state index contributed by atoms with van der Waals surface area (Å²) in [5.41, 5.74) is 0. The lowest BCUT2D eigenvalue weighted by Crippen LogP contribution is -2.19. The maximum Gasteiger partial charge on any atom is 0.166 e. The first-order valence-electron chi connectivity index (χ1n) is 6.37. The molecule has 4 heteroatoms. The molecule has 0 aliphatic carbocycles. The zero-order valence-corrected chi connectivity index (χ0v) is 14.0. The molecular formula is C14H23BrO2S. The molecular weight excluding hydrogens is 312 g/mol. The summed E-state index contributed by atoms with van der Waals surface area (Å²) in [6, 6.07) is 8.25. The summed E-state index contributed by atoms with van der Waals surface area (Å²) in [6.45, 7) is 9.34. The number of hydrogen-bond acceptors (Lipinski definition) is 3. The van der Waals surface area contributed by atoms with Crippen molar-refractivity contribution in [2.75, 3.05) is 19.0 Å². The Morgan fingerprint density at radius 1 is 1.06 bits per heavy atom. The van der Waals surface area contributed by atoms with Gasteiger partial charge in [-0.3, -0.25) is 0 Å². The zero-order valence-electron chi connectivity index (χ0n) is 11.6. The molecule has 0 fully saturated rings. The van der Waals surface area contributed by atoms with Gasteiger partial charge in [0.15, 0.2) is 6.29 Å². The lowest BCUT2D eigenvalue weighted by Gasteiger charge is -2.16. The molecule has 0 spiro atoms. The third kappa shape index (κ3) is 8.14. The fraction of sp³-hybridized carbons (Fsp3) is 0.571. The van der Waals surface area contributed by atoms with Crippen LogP contribution in [0.2, 0.25) is 0 Å². The Balaban J connectivity index is 0.00000137. The van der Waals surface area contributed by atoms with Gasteiger partial charge < -0.3 is 9.47 Å². The molecule has 104 valence electrons. The van der Waals surface area contributed by atoms with E-state index in [-0.39, 0.29) is 6.29 Å². The van der Waals surface area contributed by atoms with Crippen molar-refractivity contribution in [2.45, 2.75) is 38.9 Å². The Kier molecular flexibility index (Phi) is 12.0. The maximum absolute atomic E-state index is 5.48. The molecule has 18 heavy (non-hydrogen) atoms. The van der Waals surface area contributed by atoms with Crippen LogP contribution in [0.15, 0.2) is 33.6 Å². The van der Waals surface area contributed by atoms with Crippen molar-refractivity contribution in [3.05, 3.63) is 28.7 Å². The molecule has 0 aromatic heterocycles.